The summed E-state index contributed by atoms with van der Waals surface area (Å²) in [5.74, 6) is -0.498. The van der Waals surface area contributed by atoms with Crippen LogP contribution in [0.3, 0.4) is 0 Å². The molecule has 0 N–H and O–H groups in total. The summed E-state index contributed by atoms with van der Waals surface area (Å²) >= 11 is 0. The van der Waals surface area contributed by atoms with Crippen molar-refractivity contribution in [2.45, 2.75) is 19.3 Å². The van der Waals surface area contributed by atoms with Gasteiger partial charge >= 0.3 is 5.97 Å². The van der Waals surface area contributed by atoms with E-state index in [0.29, 0.717) is 31.7 Å². The summed E-state index contributed by atoms with van der Waals surface area (Å²) in [6.45, 7) is 1.47. The molecule has 1 aliphatic rings. The predicted molar refractivity (Wildman–Crippen MR) is 94.0 cm³/mol. The highest BCUT2D eigenvalue weighted by atomic mass is 16.5. The van der Waals surface area contributed by atoms with Gasteiger partial charge in [-0.15, -0.1) is 0 Å². The average molecular weight is 338 g/mol. The monoisotopic (exact) mass is 338 g/mol. The molecule has 1 saturated heterocycles. The van der Waals surface area contributed by atoms with Crippen LogP contribution in [0.2, 0.25) is 0 Å². The molecule has 25 heavy (non-hydrogen) atoms. The first-order chi connectivity index (χ1) is 12.2. The van der Waals surface area contributed by atoms with Crippen LogP contribution in [0, 0.1) is 5.92 Å². The standard InChI is InChI=1S/C20H22N2O3/c23-19(17-8-11-21-12-9-17)22-13-4-7-18(15-22)20(24)25-14-10-16-5-2-1-3-6-16/h1-3,5-6,8-9,11-12,18H,4,7,10,13-15H2/t18-/m1/s1. The number of likely N-dealkylation sites (tertiary alicyclic amines) is 1. The van der Waals surface area contributed by atoms with Crippen molar-refractivity contribution in [2.75, 3.05) is 19.7 Å². The van der Waals surface area contributed by atoms with Crippen LogP contribution in [0.15, 0.2) is 54.9 Å². The minimum Gasteiger partial charge on any atom is -0.465 e. The Balaban J connectivity index is 1.50. The van der Waals surface area contributed by atoms with E-state index in [1.54, 1.807) is 29.4 Å². The second kappa shape index (κ2) is 8.42. The second-order valence-electron chi connectivity index (χ2n) is 6.23. The van der Waals surface area contributed by atoms with E-state index in [9.17, 15) is 9.59 Å². The summed E-state index contributed by atoms with van der Waals surface area (Å²) in [6, 6.07) is 13.3. The smallest absolute Gasteiger partial charge is 0.310 e. The van der Waals surface area contributed by atoms with Crippen LogP contribution in [-0.4, -0.2) is 41.5 Å². The summed E-state index contributed by atoms with van der Waals surface area (Å²) < 4.78 is 5.43. The number of benzene rings is 1. The largest absolute Gasteiger partial charge is 0.465 e. The van der Waals surface area contributed by atoms with E-state index in [-0.39, 0.29) is 17.8 Å². The number of carbonyl (C=O) groups excluding carboxylic acids is 2. The van der Waals surface area contributed by atoms with Crippen molar-refractivity contribution in [1.29, 1.82) is 0 Å². The zero-order chi connectivity index (χ0) is 17.5. The molecule has 1 amide bonds. The number of aromatic nitrogens is 1. The topological polar surface area (TPSA) is 59.5 Å². The fourth-order valence-electron chi connectivity index (χ4n) is 3.06. The molecular weight excluding hydrogens is 316 g/mol. The summed E-state index contributed by atoms with van der Waals surface area (Å²) in [7, 11) is 0. The van der Waals surface area contributed by atoms with Crippen molar-refractivity contribution < 1.29 is 14.3 Å². The average Bonchev–Trinajstić information content (AvgIpc) is 2.69. The highest BCUT2D eigenvalue weighted by molar-refractivity contribution is 5.94. The van der Waals surface area contributed by atoms with Gasteiger partial charge in [-0.1, -0.05) is 30.3 Å². The Labute approximate surface area is 147 Å². The van der Waals surface area contributed by atoms with Gasteiger partial charge in [0.25, 0.3) is 5.91 Å². The lowest BCUT2D eigenvalue weighted by Gasteiger charge is -2.31. The van der Waals surface area contributed by atoms with E-state index in [0.717, 1.165) is 18.4 Å². The molecule has 0 aliphatic carbocycles. The molecule has 0 spiro atoms. The number of nitrogens with zero attached hydrogens (tertiary/aromatic N) is 2. The fraction of sp³-hybridized carbons (Fsp3) is 0.350. The van der Waals surface area contributed by atoms with Crippen molar-refractivity contribution in [3.05, 3.63) is 66.0 Å². The molecule has 1 aliphatic heterocycles. The summed E-state index contributed by atoms with van der Waals surface area (Å²) in [5, 5.41) is 0. The predicted octanol–water partition coefficient (Wildman–Crippen LogP) is 2.72. The van der Waals surface area contributed by atoms with E-state index >= 15 is 0 Å². The maximum Gasteiger partial charge on any atom is 0.310 e. The fourth-order valence-corrected chi connectivity index (χ4v) is 3.06. The lowest BCUT2D eigenvalue weighted by molar-refractivity contribution is -0.149. The number of piperidine rings is 1. The van der Waals surface area contributed by atoms with Gasteiger partial charge in [-0.3, -0.25) is 14.6 Å². The molecular formula is C20H22N2O3. The van der Waals surface area contributed by atoms with Gasteiger partial charge in [-0.2, -0.15) is 0 Å². The normalized spacial score (nSPS) is 17.1. The van der Waals surface area contributed by atoms with Crippen LogP contribution in [0.4, 0.5) is 0 Å². The van der Waals surface area contributed by atoms with Crippen LogP contribution >= 0.6 is 0 Å². The Kier molecular flexibility index (Phi) is 5.77. The van der Waals surface area contributed by atoms with Crippen molar-refractivity contribution in [3.8, 4) is 0 Å². The minimum atomic E-state index is -0.240. The van der Waals surface area contributed by atoms with Gasteiger partial charge in [-0.25, -0.2) is 0 Å². The Morgan fingerprint density at radius 3 is 2.64 bits per heavy atom. The molecule has 5 heteroatoms. The minimum absolute atomic E-state index is 0.0517. The van der Waals surface area contributed by atoms with Crippen LogP contribution in [0.1, 0.15) is 28.8 Å². The van der Waals surface area contributed by atoms with Crippen LogP contribution in [0.25, 0.3) is 0 Å². The number of hydrogen-bond acceptors (Lipinski definition) is 4. The maximum atomic E-state index is 12.5. The number of pyridine rings is 1. The summed E-state index contributed by atoms with van der Waals surface area (Å²) in [4.78, 5) is 30.5. The number of esters is 1. The lowest BCUT2D eigenvalue weighted by Crippen LogP contribution is -2.42. The lowest BCUT2D eigenvalue weighted by atomic mass is 9.97. The number of ether oxygens (including phenoxy) is 1. The third-order valence-corrected chi connectivity index (χ3v) is 4.45. The second-order valence-corrected chi connectivity index (χ2v) is 6.23. The van der Waals surface area contributed by atoms with Gasteiger partial charge in [0.05, 0.1) is 12.5 Å². The molecule has 1 fully saturated rings. The van der Waals surface area contributed by atoms with Gasteiger partial charge in [0.1, 0.15) is 0 Å². The molecule has 1 atom stereocenters. The Morgan fingerprint density at radius 1 is 1.12 bits per heavy atom. The van der Waals surface area contributed by atoms with E-state index < -0.39 is 0 Å². The molecule has 130 valence electrons. The molecule has 2 aromatic rings. The van der Waals surface area contributed by atoms with Gasteiger partial charge in [-0.05, 0) is 30.5 Å². The van der Waals surface area contributed by atoms with Crippen molar-refractivity contribution in [3.63, 3.8) is 0 Å². The first-order valence-electron chi connectivity index (χ1n) is 8.64. The number of amides is 1. The summed E-state index contributed by atoms with van der Waals surface area (Å²) in [6.07, 6.45) is 5.50. The Morgan fingerprint density at radius 2 is 1.88 bits per heavy atom. The molecule has 5 nitrogen and oxygen atoms in total. The van der Waals surface area contributed by atoms with E-state index in [2.05, 4.69) is 4.98 Å². The van der Waals surface area contributed by atoms with Crippen LogP contribution in [0.5, 0.6) is 0 Å². The highest BCUT2D eigenvalue weighted by Crippen LogP contribution is 2.20. The first-order valence-corrected chi connectivity index (χ1v) is 8.64. The number of rotatable bonds is 5. The maximum absolute atomic E-state index is 12.5. The van der Waals surface area contributed by atoms with E-state index in [4.69, 9.17) is 4.74 Å². The Bertz CT molecular complexity index is 703. The molecule has 3 rings (SSSR count). The van der Waals surface area contributed by atoms with Crippen LogP contribution in [-0.2, 0) is 16.0 Å². The molecule has 0 bridgehead atoms. The van der Waals surface area contributed by atoms with Gasteiger partial charge in [0, 0.05) is 37.5 Å². The molecule has 1 aromatic carbocycles. The highest BCUT2D eigenvalue weighted by Gasteiger charge is 2.29. The Hall–Kier alpha value is -2.69. The molecule has 0 radical (unpaired) electrons. The first kappa shape index (κ1) is 17.1. The summed E-state index contributed by atoms with van der Waals surface area (Å²) in [5.41, 5.74) is 1.75. The van der Waals surface area contributed by atoms with E-state index in [1.807, 2.05) is 30.3 Å². The SMILES string of the molecule is O=C(OCCc1ccccc1)[C@@H]1CCCN(C(=O)c2ccncc2)C1. The molecule has 0 unspecified atom stereocenters. The van der Waals surface area contributed by atoms with Crippen molar-refractivity contribution in [1.82, 2.24) is 9.88 Å². The third-order valence-electron chi connectivity index (χ3n) is 4.45. The zero-order valence-corrected chi connectivity index (χ0v) is 14.1. The third kappa shape index (κ3) is 4.66. The van der Waals surface area contributed by atoms with Crippen molar-refractivity contribution in [2.24, 2.45) is 5.92 Å². The molecule has 0 saturated carbocycles. The zero-order valence-electron chi connectivity index (χ0n) is 14.1. The molecule has 1 aromatic heterocycles. The number of carbonyl (C=O) groups is 2. The number of hydrogen-bond donors (Lipinski definition) is 0. The quantitative estimate of drug-likeness (QED) is 0.787. The van der Waals surface area contributed by atoms with Gasteiger partial charge in [0.15, 0.2) is 0 Å². The van der Waals surface area contributed by atoms with Gasteiger partial charge in [0.2, 0.25) is 0 Å². The van der Waals surface area contributed by atoms with Crippen LogP contribution < -0.4 is 0 Å². The molecule has 2 heterocycles. The van der Waals surface area contributed by atoms with E-state index in [1.165, 1.54) is 0 Å². The van der Waals surface area contributed by atoms with Crippen molar-refractivity contribution >= 4 is 11.9 Å². The van der Waals surface area contributed by atoms with Gasteiger partial charge < -0.3 is 9.64 Å².